The van der Waals surface area contributed by atoms with Gasteiger partial charge < -0.3 is 5.32 Å². The van der Waals surface area contributed by atoms with E-state index in [1.54, 1.807) is 0 Å². The molecule has 0 spiro atoms. The van der Waals surface area contributed by atoms with E-state index in [-0.39, 0.29) is 11.0 Å². The molecule has 1 heterocycles. The molecule has 0 radical (unpaired) electrons. The third-order valence-corrected chi connectivity index (χ3v) is 4.28. The van der Waals surface area contributed by atoms with Crippen LogP contribution in [0.25, 0.3) is 0 Å². The first-order valence-corrected chi connectivity index (χ1v) is 6.85. The van der Waals surface area contributed by atoms with Crippen molar-refractivity contribution < 1.29 is 0 Å². The maximum atomic E-state index is 3.50. The molecule has 0 amide bonds. The largest absolute Gasteiger partial charge is 0.314 e. The molecular weight excluding hydrogens is 220 g/mol. The minimum atomic E-state index is 0.177. The molecule has 0 saturated carbocycles. The molecule has 2 rings (SSSR count). The molecule has 1 atom stereocenters. The van der Waals surface area contributed by atoms with Crippen molar-refractivity contribution >= 4 is 0 Å². The normalized spacial score (nSPS) is 24.8. The van der Waals surface area contributed by atoms with E-state index >= 15 is 0 Å². The lowest BCUT2D eigenvalue weighted by molar-refractivity contribution is 0.174. The third-order valence-electron chi connectivity index (χ3n) is 4.28. The van der Waals surface area contributed by atoms with Crippen LogP contribution in [0.1, 0.15) is 38.3 Å². The van der Waals surface area contributed by atoms with Gasteiger partial charge in [0.1, 0.15) is 0 Å². The fraction of sp³-hybridized carbons (Fsp3) is 0.625. The fourth-order valence-corrected chi connectivity index (χ4v) is 2.85. The number of hydrogen-bond donors (Lipinski definition) is 1. The predicted molar refractivity (Wildman–Crippen MR) is 78.0 cm³/mol. The second-order valence-electron chi connectivity index (χ2n) is 6.68. The lowest BCUT2D eigenvalue weighted by Crippen LogP contribution is -2.43. The van der Waals surface area contributed by atoms with Crippen LogP contribution in [0.2, 0.25) is 0 Å². The van der Waals surface area contributed by atoms with Crippen LogP contribution in [0.3, 0.4) is 0 Å². The highest BCUT2D eigenvalue weighted by molar-refractivity contribution is 5.33. The van der Waals surface area contributed by atoms with E-state index in [1.807, 2.05) is 0 Å². The Balaban J connectivity index is 2.33. The van der Waals surface area contributed by atoms with E-state index in [9.17, 15) is 0 Å². The van der Waals surface area contributed by atoms with E-state index in [0.29, 0.717) is 0 Å². The third kappa shape index (κ3) is 2.32. The lowest BCUT2D eigenvalue weighted by Gasteiger charge is -2.36. The maximum absolute atomic E-state index is 3.50. The molecule has 0 aliphatic carbocycles. The van der Waals surface area contributed by atoms with Crippen LogP contribution < -0.4 is 5.32 Å². The molecule has 2 nitrogen and oxygen atoms in total. The number of nitrogens with one attached hydrogen (secondary N) is 1. The lowest BCUT2D eigenvalue weighted by atomic mass is 9.83. The Morgan fingerprint density at radius 3 is 2.11 bits per heavy atom. The summed E-state index contributed by atoms with van der Waals surface area (Å²) in [5.74, 6) is 0. The second kappa shape index (κ2) is 4.67. The molecule has 1 N–H and O–H groups in total. The molecule has 1 aromatic carbocycles. The topological polar surface area (TPSA) is 15.3 Å². The average molecular weight is 246 g/mol. The van der Waals surface area contributed by atoms with Crippen molar-refractivity contribution in [3.8, 4) is 0 Å². The van der Waals surface area contributed by atoms with Gasteiger partial charge in [-0.3, -0.25) is 4.90 Å². The predicted octanol–water partition coefficient (Wildman–Crippen LogP) is 2.73. The van der Waals surface area contributed by atoms with Crippen LogP contribution >= 0.6 is 0 Å². The minimum Gasteiger partial charge on any atom is -0.314 e. The number of nitrogens with zero attached hydrogens (tertiary/aromatic N) is 1. The Hall–Kier alpha value is -0.860. The first kappa shape index (κ1) is 13.6. The van der Waals surface area contributed by atoms with Crippen molar-refractivity contribution in [2.75, 3.05) is 27.2 Å². The van der Waals surface area contributed by atoms with Crippen LogP contribution in [-0.2, 0) is 11.0 Å². The molecule has 1 aliphatic rings. The molecule has 1 aliphatic heterocycles. The molecule has 1 aromatic rings. The summed E-state index contributed by atoms with van der Waals surface area (Å²) in [5, 5.41) is 3.50. The smallest absolute Gasteiger partial charge is 0.0593 e. The van der Waals surface area contributed by atoms with E-state index in [0.717, 1.165) is 13.1 Å². The van der Waals surface area contributed by atoms with Gasteiger partial charge in [-0.1, -0.05) is 45.0 Å². The van der Waals surface area contributed by atoms with Crippen LogP contribution in [0.15, 0.2) is 24.3 Å². The Morgan fingerprint density at radius 1 is 1.11 bits per heavy atom. The van der Waals surface area contributed by atoms with Gasteiger partial charge in [0.15, 0.2) is 0 Å². The van der Waals surface area contributed by atoms with Gasteiger partial charge in [-0.05, 0) is 43.6 Å². The molecule has 1 saturated heterocycles. The molecular formula is C16H26N2. The SMILES string of the molecule is CN(C)C1(c2ccc(C(C)(C)C)cc2)CCNC1. The number of rotatable bonds is 2. The van der Waals surface area contributed by atoms with Crippen molar-refractivity contribution in [1.29, 1.82) is 0 Å². The van der Waals surface area contributed by atoms with Gasteiger partial charge in [0, 0.05) is 6.54 Å². The van der Waals surface area contributed by atoms with Gasteiger partial charge in [-0.25, -0.2) is 0 Å². The standard InChI is InChI=1S/C16H26N2/c1-15(2,3)13-6-8-14(9-7-13)16(18(4)5)10-11-17-12-16/h6-9,17H,10-12H2,1-5H3. The summed E-state index contributed by atoms with van der Waals surface area (Å²) in [6.45, 7) is 8.95. The van der Waals surface area contributed by atoms with Crippen molar-refractivity contribution in [2.45, 2.75) is 38.1 Å². The molecule has 1 unspecified atom stereocenters. The van der Waals surface area contributed by atoms with E-state index in [4.69, 9.17) is 0 Å². The fourth-order valence-electron chi connectivity index (χ4n) is 2.85. The Morgan fingerprint density at radius 2 is 1.72 bits per heavy atom. The Bertz CT molecular complexity index is 392. The zero-order valence-electron chi connectivity index (χ0n) is 12.4. The molecule has 18 heavy (non-hydrogen) atoms. The van der Waals surface area contributed by atoms with Crippen LogP contribution in [-0.4, -0.2) is 32.1 Å². The first-order valence-electron chi connectivity index (χ1n) is 6.85. The zero-order chi connectivity index (χ0) is 13.4. The number of hydrogen-bond acceptors (Lipinski definition) is 2. The van der Waals surface area contributed by atoms with Gasteiger partial charge in [-0.2, -0.15) is 0 Å². The summed E-state index contributed by atoms with van der Waals surface area (Å²) in [7, 11) is 4.37. The maximum Gasteiger partial charge on any atom is 0.0593 e. The first-order chi connectivity index (χ1) is 8.36. The van der Waals surface area contributed by atoms with Crippen LogP contribution in [0.4, 0.5) is 0 Å². The summed E-state index contributed by atoms with van der Waals surface area (Å²) >= 11 is 0. The van der Waals surface area contributed by atoms with E-state index in [2.05, 4.69) is 69.3 Å². The van der Waals surface area contributed by atoms with Gasteiger partial charge in [-0.15, -0.1) is 0 Å². The summed E-state index contributed by atoms with van der Waals surface area (Å²) in [6, 6.07) is 9.21. The van der Waals surface area contributed by atoms with Crippen molar-refractivity contribution in [3.63, 3.8) is 0 Å². The highest BCUT2D eigenvalue weighted by Crippen LogP contribution is 2.34. The Labute approximate surface area is 111 Å². The van der Waals surface area contributed by atoms with E-state index in [1.165, 1.54) is 17.5 Å². The average Bonchev–Trinajstić information content (AvgIpc) is 2.78. The molecule has 0 aromatic heterocycles. The summed E-state index contributed by atoms with van der Waals surface area (Å²) < 4.78 is 0. The summed E-state index contributed by atoms with van der Waals surface area (Å²) in [5.41, 5.74) is 3.25. The van der Waals surface area contributed by atoms with Gasteiger partial charge in [0.25, 0.3) is 0 Å². The molecule has 1 fully saturated rings. The van der Waals surface area contributed by atoms with Crippen LogP contribution in [0, 0.1) is 0 Å². The zero-order valence-corrected chi connectivity index (χ0v) is 12.4. The monoisotopic (exact) mass is 246 g/mol. The highest BCUT2D eigenvalue weighted by Gasteiger charge is 2.37. The van der Waals surface area contributed by atoms with Gasteiger partial charge in [0.2, 0.25) is 0 Å². The summed E-state index contributed by atoms with van der Waals surface area (Å²) in [4.78, 5) is 2.36. The molecule has 100 valence electrons. The summed E-state index contributed by atoms with van der Waals surface area (Å²) in [6.07, 6.45) is 1.19. The highest BCUT2D eigenvalue weighted by atomic mass is 15.2. The minimum absolute atomic E-state index is 0.177. The van der Waals surface area contributed by atoms with Crippen molar-refractivity contribution in [2.24, 2.45) is 0 Å². The second-order valence-corrected chi connectivity index (χ2v) is 6.68. The van der Waals surface area contributed by atoms with Crippen LogP contribution in [0.5, 0.6) is 0 Å². The number of likely N-dealkylation sites (N-methyl/N-ethyl adjacent to an activating group) is 1. The van der Waals surface area contributed by atoms with E-state index < -0.39 is 0 Å². The molecule has 0 bridgehead atoms. The van der Waals surface area contributed by atoms with Crippen molar-refractivity contribution in [3.05, 3.63) is 35.4 Å². The quantitative estimate of drug-likeness (QED) is 0.863. The van der Waals surface area contributed by atoms with Crippen molar-refractivity contribution in [1.82, 2.24) is 10.2 Å². The Kier molecular flexibility index (Phi) is 3.52. The van der Waals surface area contributed by atoms with Gasteiger partial charge >= 0.3 is 0 Å². The molecule has 2 heteroatoms. The number of benzene rings is 1. The van der Waals surface area contributed by atoms with Gasteiger partial charge in [0.05, 0.1) is 5.54 Å².